The maximum atomic E-state index is 14.6. The quantitative estimate of drug-likeness (QED) is 0.384. The zero-order valence-corrected chi connectivity index (χ0v) is 17.2. The van der Waals surface area contributed by atoms with Crippen LogP contribution in [0.4, 0.5) is 4.39 Å². The minimum Gasteiger partial charge on any atom is -0.296 e. The lowest BCUT2D eigenvalue weighted by Crippen LogP contribution is -2.00. The summed E-state index contributed by atoms with van der Waals surface area (Å²) in [5.41, 5.74) is 5.03. The van der Waals surface area contributed by atoms with Gasteiger partial charge < -0.3 is 0 Å². The minimum absolute atomic E-state index is 0.0294. The monoisotopic (exact) mass is 417 g/mol. The van der Waals surface area contributed by atoms with Gasteiger partial charge in [-0.15, -0.1) is 0 Å². The number of rotatable bonds is 2. The molecule has 5 rings (SSSR count). The summed E-state index contributed by atoms with van der Waals surface area (Å²) in [7, 11) is 0. The number of benzene rings is 2. The van der Waals surface area contributed by atoms with E-state index in [-0.39, 0.29) is 6.42 Å². The summed E-state index contributed by atoms with van der Waals surface area (Å²) in [6.07, 6.45) is 5.18. The minimum atomic E-state index is -0.410. The molecule has 0 saturated carbocycles. The van der Waals surface area contributed by atoms with Gasteiger partial charge in [0.2, 0.25) is 0 Å². The van der Waals surface area contributed by atoms with Crippen LogP contribution in [-0.4, -0.2) is 19.5 Å². The van der Waals surface area contributed by atoms with Gasteiger partial charge in [0.1, 0.15) is 17.2 Å². The number of nitriles is 1. The molecule has 0 unspecified atom stereocenters. The van der Waals surface area contributed by atoms with Crippen molar-refractivity contribution in [3.8, 4) is 23.6 Å². The van der Waals surface area contributed by atoms with Crippen molar-refractivity contribution < 1.29 is 4.39 Å². The van der Waals surface area contributed by atoms with E-state index in [0.29, 0.717) is 22.6 Å². The van der Waals surface area contributed by atoms with Crippen LogP contribution in [-0.2, 0) is 6.42 Å². The summed E-state index contributed by atoms with van der Waals surface area (Å²) >= 11 is 0. The van der Waals surface area contributed by atoms with E-state index in [0.717, 1.165) is 27.5 Å². The fraction of sp³-hybridized carbons (Fsp3) is 0.0769. The fourth-order valence-corrected chi connectivity index (χ4v) is 3.75. The number of halogens is 1. The maximum Gasteiger partial charge on any atom is 0.129 e. The number of aromatic nitrogens is 4. The standard InChI is InChI=1S/C26H16FN5/c1-17-31-25-16-30-24-9-6-18(4-5-19-3-2-12-29-15-19)13-22(24)26(25)32(17)21-8-7-20(10-11-28)23(27)14-21/h2-3,6-9,12-16H,10H2,1H3. The average molecular weight is 417 g/mol. The third-order valence-corrected chi connectivity index (χ3v) is 5.23. The van der Waals surface area contributed by atoms with Gasteiger partial charge in [-0.1, -0.05) is 17.9 Å². The molecule has 0 aliphatic rings. The highest BCUT2D eigenvalue weighted by Crippen LogP contribution is 2.29. The summed E-state index contributed by atoms with van der Waals surface area (Å²) in [5.74, 6) is 6.60. The number of imidazole rings is 1. The van der Waals surface area contributed by atoms with E-state index in [1.807, 2.05) is 54.0 Å². The molecule has 3 heterocycles. The van der Waals surface area contributed by atoms with E-state index in [9.17, 15) is 4.39 Å². The molecule has 0 spiro atoms. The summed E-state index contributed by atoms with van der Waals surface area (Å²) < 4.78 is 16.5. The van der Waals surface area contributed by atoms with Gasteiger partial charge in [0.05, 0.1) is 35.4 Å². The van der Waals surface area contributed by atoms with Gasteiger partial charge in [-0.3, -0.25) is 14.5 Å². The molecule has 0 bridgehead atoms. The molecular formula is C26H16FN5. The van der Waals surface area contributed by atoms with Gasteiger partial charge >= 0.3 is 0 Å². The van der Waals surface area contributed by atoms with Crippen LogP contribution >= 0.6 is 0 Å². The van der Waals surface area contributed by atoms with Crippen LogP contribution in [0.3, 0.4) is 0 Å². The highest BCUT2D eigenvalue weighted by Gasteiger charge is 2.15. The van der Waals surface area contributed by atoms with Gasteiger partial charge in [-0.25, -0.2) is 9.37 Å². The first-order valence-electron chi connectivity index (χ1n) is 9.99. The van der Waals surface area contributed by atoms with Crippen molar-refractivity contribution in [1.82, 2.24) is 19.5 Å². The van der Waals surface area contributed by atoms with Crippen LogP contribution in [0.5, 0.6) is 0 Å². The number of fused-ring (bicyclic) bond motifs is 3. The van der Waals surface area contributed by atoms with E-state index in [1.54, 1.807) is 24.7 Å². The SMILES string of the molecule is Cc1nc2cnc3ccc(C#Cc4cccnc4)cc3c2n1-c1ccc(CC#N)c(F)c1. The Bertz CT molecular complexity index is 1580. The zero-order chi connectivity index (χ0) is 22.1. The molecule has 0 fully saturated rings. The van der Waals surface area contributed by atoms with Crippen molar-refractivity contribution in [2.75, 3.05) is 0 Å². The summed E-state index contributed by atoms with van der Waals surface area (Å²) in [5, 5.41) is 9.77. The van der Waals surface area contributed by atoms with Gasteiger partial charge in [0, 0.05) is 34.5 Å². The highest BCUT2D eigenvalue weighted by atomic mass is 19.1. The lowest BCUT2D eigenvalue weighted by atomic mass is 10.1. The molecule has 152 valence electrons. The number of pyridine rings is 2. The van der Waals surface area contributed by atoms with Crippen molar-refractivity contribution in [2.45, 2.75) is 13.3 Å². The largest absolute Gasteiger partial charge is 0.296 e. The second-order valence-corrected chi connectivity index (χ2v) is 7.32. The first-order valence-corrected chi connectivity index (χ1v) is 9.99. The van der Waals surface area contributed by atoms with Gasteiger partial charge in [0.15, 0.2) is 0 Å². The van der Waals surface area contributed by atoms with Gasteiger partial charge in [0.25, 0.3) is 0 Å². The molecule has 0 aliphatic carbocycles. The van der Waals surface area contributed by atoms with E-state index in [4.69, 9.17) is 5.26 Å². The third kappa shape index (κ3) is 3.45. The number of hydrogen-bond acceptors (Lipinski definition) is 4. The molecule has 3 aromatic heterocycles. The number of nitrogens with zero attached hydrogens (tertiary/aromatic N) is 5. The fourth-order valence-electron chi connectivity index (χ4n) is 3.75. The zero-order valence-electron chi connectivity index (χ0n) is 17.2. The summed E-state index contributed by atoms with van der Waals surface area (Å²) in [4.78, 5) is 13.2. The molecule has 5 nitrogen and oxygen atoms in total. The molecule has 32 heavy (non-hydrogen) atoms. The second kappa shape index (κ2) is 7.94. The molecule has 0 amide bonds. The Morgan fingerprint density at radius 2 is 1.88 bits per heavy atom. The Balaban J connectivity index is 1.70. The topological polar surface area (TPSA) is 67.4 Å². The van der Waals surface area contributed by atoms with Crippen molar-refractivity contribution in [3.05, 3.63) is 95.5 Å². The van der Waals surface area contributed by atoms with Crippen LogP contribution in [0, 0.1) is 35.9 Å². The maximum absolute atomic E-state index is 14.6. The van der Waals surface area contributed by atoms with Gasteiger partial charge in [-0.2, -0.15) is 5.26 Å². The van der Waals surface area contributed by atoms with E-state index >= 15 is 0 Å². The molecule has 0 radical (unpaired) electrons. The van der Waals surface area contributed by atoms with E-state index in [1.165, 1.54) is 6.07 Å². The van der Waals surface area contributed by atoms with Crippen LogP contribution < -0.4 is 0 Å². The molecule has 0 N–H and O–H groups in total. The lowest BCUT2D eigenvalue weighted by Gasteiger charge is -2.10. The van der Waals surface area contributed by atoms with Crippen molar-refractivity contribution in [2.24, 2.45) is 0 Å². The number of hydrogen-bond donors (Lipinski definition) is 0. The average Bonchev–Trinajstić information content (AvgIpc) is 3.16. The molecular weight excluding hydrogens is 401 g/mol. The molecule has 0 atom stereocenters. The predicted octanol–water partition coefficient (Wildman–Crippen LogP) is 4.88. The Labute approximate surface area is 183 Å². The van der Waals surface area contributed by atoms with Crippen molar-refractivity contribution in [1.29, 1.82) is 5.26 Å². The van der Waals surface area contributed by atoms with Crippen LogP contribution in [0.25, 0.3) is 27.6 Å². The van der Waals surface area contributed by atoms with E-state index in [2.05, 4.69) is 26.8 Å². The van der Waals surface area contributed by atoms with Crippen LogP contribution in [0.15, 0.2) is 67.1 Å². The second-order valence-electron chi connectivity index (χ2n) is 7.32. The highest BCUT2D eigenvalue weighted by molar-refractivity contribution is 6.03. The Kier molecular flexibility index (Phi) is 4.82. The van der Waals surface area contributed by atoms with Gasteiger partial charge in [-0.05, 0) is 49.4 Å². The van der Waals surface area contributed by atoms with Crippen LogP contribution in [0.2, 0.25) is 0 Å². The molecule has 0 saturated heterocycles. The Hall–Kier alpha value is -4.55. The van der Waals surface area contributed by atoms with Crippen molar-refractivity contribution >= 4 is 21.9 Å². The predicted molar refractivity (Wildman–Crippen MR) is 121 cm³/mol. The summed E-state index contributed by atoms with van der Waals surface area (Å²) in [6, 6.07) is 16.5. The third-order valence-electron chi connectivity index (χ3n) is 5.23. The Morgan fingerprint density at radius 1 is 1.00 bits per heavy atom. The molecule has 2 aromatic carbocycles. The smallest absolute Gasteiger partial charge is 0.129 e. The Morgan fingerprint density at radius 3 is 2.66 bits per heavy atom. The molecule has 0 aliphatic heterocycles. The van der Waals surface area contributed by atoms with Crippen molar-refractivity contribution in [3.63, 3.8) is 0 Å². The first kappa shape index (κ1) is 19.4. The lowest BCUT2D eigenvalue weighted by molar-refractivity contribution is 0.614. The van der Waals surface area contributed by atoms with Crippen LogP contribution in [0.1, 0.15) is 22.5 Å². The first-order chi connectivity index (χ1) is 15.6. The summed E-state index contributed by atoms with van der Waals surface area (Å²) in [6.45, 7) is 1.87. The molecule has 5 aromatic rings. The normalized spacial score (nSPS) is 10.7. The van der Waals surface area contributed by atoms with E-state index < -0.39 is 5.82 Å². The number of aryl methyl sites for hydroxylation is 1. The molecule has 6 heteroatoms.